The zero-order valence-corrected chi connectivity index (χ0v) is 15.5. The minimum Gasteiger partial charge on any atom is -0.479 e. The third-order valence-electron chi connectivity index (χ3n) is 4.27. The van der Waals surface area contributed by atoms with Gasteiger partial charge in [0, 0.05) is 19.4 Å². The molecule has 1 saturated heterocycles. The number of hydrogen-bond acceptors (Lipinski definition) is 6. The van der Waals surface area contributed by atoms with Crippen LogP contribution < -0.4 is 5.73 Å². The van der Waals surface area contributed by atoms with Crippen LogP contribution in [0.3, 0.4) is 0 Å². The smallest absolute Gasteiger partial charge is 0.337 e. The Bertz CT molecular complexity index is 744. The van der Waals surface area contributed by atoms with E-state index in [9.17, 15) is 9.59 Å². The first kappa shape index (κ1) is 21.6. The summed E-state index contributed by atoms with van der Waals surface area (Å²) in [5.41, 5.74) is 6.50. The molecule has 0 bridgehead atoms. The van der Waals surface area contributed by atoms with Gasteiger partial charge in [0.15, 0.2) is 6.10 Å². The van der Waals surface area contributed by atoms with Crippen LogP contribution in [0.1, 0.15) is 23.7 Å². The van der Waals surface area contributed by atoms with Crippen molar-refractivity contribution in [3.8, 4) is 0 Å². The molecule has 2 atom stereocenters. The Morgan fingerprint density at radius 3 is 2.25 bits per heavy atom. The van der Waals surface area contributed by atoms with Crippen LogP contribution in [0, 0.1) is 0 Å². The van der Waals surface area contributed by atoms with Crippen molar-refractivity contribution < 1.29 is 29.3 Å². The van der Waals surface area contributed by atoms with Gasteiger partial charge < -0.3 is 25.4 Å². The molecular formula is C21H25NO6. The molecule has 2 aromatic rings. The summed E-state index contributed by atoms with van der Waals surface area (Å²) in [4.78, 5) is 22.0. The fourth-order valence-electron chi connectivity index (χ4n) is 2.57. The Morgan fingerprint density at radius 1 is 1.11 bits per heavy atom. The van der Waals surface area contributed by atoms with Crippen molar-refractivity contribution in [1.29, 1.82) is 0 Å². The predicted octanol–water partition coefficient (Wildman–Crippen LogP) is 1.69. The lowest BCUT2D eigenvalue weighted by Gasteiger charge is -2.19. The van der Waals surface area contributed by atoms with E-state index in [4.69, 9.17) is 25.4 Å². The van der Waals surface area contributed by atoms with Crippen LogP contribution in [0.5, 0.6) is 0 Å². The second-order valence-electron chi connectivity index (χ2n) is 6.48. The molecule has 3 rings (SSSR count). The molecule has 1 heterocycles. The number of esters is 1. The summed E-state index contributed by atoms with van der Waals surface area (Å²) in [5.74, 6) is -1.58. The summed E-state index contributed by atoms with van der Waals surface area (Å²) in [6.45, 7) is 1.16. The maximum absolute atomic E-state index is 11.7. The highest BCUT2D eigenvalue weighted by atomic mass is 16.5. The topological polar surface area (TPSA) is 119 Å². The van der Waals surface area contributed by atoms with Gasteiger partial charge in [0.2, 0.25) is 0 Å². The zero-order valence-electron chi connectivity index (χ0n) is 15.5. The number of rotatable bonds is 6. The standard InChI is InChI=1S/C13H17NO3.C8H8O3/c14-13(7-9-16-10-13)12(15)17-8-6-11-4-2-1-3-5-11;9-7(8(10)11)6-4-2-1-3-5-6/h1-5H,6-10,14H2;1-5,7,9H,(H,10,11)/t13-;7-/m00/s1. The monoisotopic (exact) mass is 387 g/mol. The predicted molar refractivity (Wildman–Crippen MR) is 102 cm³/mol. The Hall–Kier alpha value is -2.74. The van der Waals surface area contributed by atoms with Crippen molar-refractivity contribution in [2.75, 3.05) is 19.8 Å². The van der Waals surface area contributed by atoms with Crippen LogP contribution in [0.2, 0.25) is 0 Å². The second-order valence-corrected chi connectivity index (χ2v) is 6.48. The highest BCUT2D eigenvalue weighted by Crippen LogP contribution is 2.17. The molecular weight excluding hydrogens is 362 g/mol. The molecule has 2 aromatic carbocycles. The molecule has 0 aromatic heterocycles. The van der Waals surface area contributed by atoms with Crippen molar-refractivity contribution in [2.24, 2.45) is 5.73 Å². The van der Waals surface area contributed by atoms with Crippen molar-refractivity contribution in [2.45, 2.75) is 24.5 Å². The van der Waals surface area contributed by atoms with Crippen molar-refractivity contribution in [3.05, 3.63) is 71.8 Å². The Morgan fingerprint density at radius 2 is 1.71 bits per heavy atom. The van der Waals surface area contributed by atoms with Crippen LogP contribution in [0.15, 0.2) is 60.7 Å². The summed E-state index contributed by atoms with van der Waals surface area (Å²) in [6, 6.07) is 18.2. The van der Waals surface area contributed by atoms with Gasteiger partial charge in [-0.05, 0) is 11.1 Å². The average molecular weight is 387 g/mol. The van der Waals surface area contributed by atoms with Gasteiger partial charge >= 0.3 is 11.9 Å². The zero-order chi connectivity index (χ0) is 20.4. The number of aliphatic hydroxyl groups excluding tert-OH is 1. The van der Waals surface area contributed by atoms with Gasteiger partial charge in [-0.25, -0.2) is 9.59 Å². The van der Waals surface area contributed by atoms with E-state index in [0.29, 0.717) is 31.6 Å². The molecule has 0 saturated carbocycles. The molecule has 0 radical (unpaired) electrons. The molecule has 0 amide bonds. The number of carboxylic acids is 1. The van der Waals surface area contributed by atoms with E-state index >= 15 is 0 Å². The first-order chi connectivity index (χ1) is 13.4. The number of hydrogen-bond donors (Lipinski definition) is 3. The third-order valence-corrected chi connectivity index (χ3v) is 4.27. The Labute approximate surface area is 163 Å². The number of carbonyl (C=O) groups excluding carboxylic acids is 1. The van der Waals surface area contributed by atoms with Gasteiger partial charge in [0.25, 0.3) is 0 Å². The summed E-state index contributed by atoms with van der Waals surface area (Å²) < 4.78 is 10.3. The lowest BCUT2D eigenvalue weighted by Crippen LogP contribution is -2.49. The minimum absolute atomic E-state index is 0.261. The molecule has 1 aliphatic heterocycles. The van der Waals surface area contributed by atoms with Gasteiger partial charge in [0.05, 0.1) is 13.2 Å². The first-order valence-corrected chi connectivity index (χ1v) is 8.96. The maximum atomic E-state index is 11.7. The molecule has 4 N–H and O–H groups in total. The molecule has 7 nitrogen and oxygen atoms in total. The van der Waals surface area contributed by atoms with Gasteiger partial charge in [-0.3, -0.25) is 0 Å². The number of carboxylic acid groups (broad SMARTS) is 1. The fourth-order valence-corrected chi connectivity index (χ4v) is 2.57. The van der Waals surface area contributed by atoms with E-state index in [2.05, 4.69) is 0 Å². The highest BCUT2D eigenvalue weighted by Gasteiger charge is 2.39. The van der Waals surface area contributed by atoms with E-state index < -0.39 is 17.6 Å². The number of carbonyl (C=O) groups is 2. The SMILES string of the molecule is N[C@@]1(C(=O)OCCc2ccccc2)CCOC1.O=C(O)[C@@H](O)c1ccccc1. The molecule has 1 aliphatic rings. The largest absolute Gasteiger partial charge is 0.479 e. The van der Waals surface area contributed by atoms with Crippen LogP contribution in [-0.2, 0) is 25.5 Å². The number of aliphatic hydroxyl groups is 1. The first-order valence-electron chi connectivity index (χ1n) is 8.96. The van der Waals surface area contributed by atoms with Crippen molar-refractivity contribution >= 4 is 11.9 Å². The molecule has 0 unspecified atom stereocenters. The number of ether oxygens (including phenoxy) is 2. The summed E-state index contributed by atoms with van der Waals surface area (Å²) in [6.07, 6.45) is -0.156. The van der Waals surface area contributed by atoms with E-state index in [0.717, 1.165) is 5.56 Å². The Kier molecular flexibility index (Phi) is 8.13. The third kappa shape index (κ3) is 6.45. The van der Waals surface area contributed by atoms with E-state index in [1.807, 2.05) is 30.3 Å². The van der Waals surface area contributed by atoms with Crippen LogP contribution in [-0.4, -0.2) is 47.5 Å². The second kappa shape index (κ2) is 10.6. The lowest BCUT2D eigenvalue weighted by atomic mass is 10.0. The number of benzene rings is 2. The normalized spacial score (nSPS) is 19.2. The van der Waals surface area contributed by atoms with Crippen LogP contribution in [0.25, 0.3) is 0 Å². The van der Waals surface area contributed by atoms with Crippen molar-refractivity contribution in [1.82, 2.24) is 0 Å². The molecule has 28 heavy (non-hydrogen) atoms. The molecule has 1 fully saturated rings. The van der Waals surface area contributed by atoms with Crippen LogP contribution in [0.4, 0.5) is 0 Å². The van der Waals surface area contributed by atoms with Gasteiger partial charge in [0.1, 0.15) is 5.54 Å². The summed E-state index contributed by atoms with van der Waals surface area (Å²) in [5, 5.41) is 17.4. The van der Waals surface area contributed by atoms with E-state index in [-0.39, 0.29) is 12.6 Å². The number of nitrogens with two attached hydrogens (primary N) is 1. The molecule has 7 heteroatoms. The average Bonchev–Trinajstić information content (AvgIpc) is 3.17. The van der Waals surface area contributed by atoms with Gasteiger partial charge in [-0.2, -0.15) is 0 Å². The van der Waals surface area contributed by atoms with Crippen LogP contribution >= 0.6 is 0 Å². The van der Waals surface area contributed by atoms with Crippen molar-refractivity contribution in [3.63, 3.8) is 0 Å². The number of aliphatic carboxylic acids is 1. The van der Waals surface area contributed by atoms with Gasteiger partial charge in [-0.15, -0.1) is 0 Å². The summed E-state index contributed by atoms with van der Waals surface area (Å²) in [7, 11) is 0. The van der Waals surface area contributed by atoms with Gasteiger partial charge in [-0.1, -0.05) is 60.7 Å². The summed E-state index contributed by atoms with van der Waals surface area (Å²) >= 11 is 0. The van der Waals surface area contributed by atoms with E-state index in [1.54, 1.807) is 30.3 Å². The molecule has 0 spiro atoms. The fraction of sp³-hybridized carbons (Fsp3) is 0.333. The quantitative estimate of drug-likeness (QED) is 0.645. The highest BCUT2D eigenvalue weighted by molar-refractivity contribution is 5.81. The lowest BCUT2D eigenvalue weighted by molar-refractivity contribution is -0.150. The van der Waals surface area contributed by atoms with E-state index in [1.165, 1.54) is 0 Å². The minimum atomic E-state index is -1.41. The molecule has 0 aliphatic carbocycles. The molecule has 150 valence electrons. The Balaban J connectivity index is 0.000000221. The maximum Gasteiger partial charge on any atom is 0.337 e.